The van der Waals surface area contributed by atoms with Gasteiger partial charge in [-0.3, -0.25) is 9.59 Å². The van der Waals surface area contributed by atoms with Crippen molar-refractivity contribution in [1.82, 2.24) is 24.4 Å². The van der Waals surface area contributed by atoms with Crippen LogP contribution in [0.5, 0.6) is 0 Å². The lowest BCUT2D eigenvalue weighted by Gasteiger charge is -2.34. The van der Waals surface area contributed by atoms with Crippen LogP contribution in [0.4, 0.5) is 0 Å². The highest BCUT2D eigenvalue weighted by Crippen LogP contribution is 2.49. The average Bonchev–Trinajstić information content (AvgIpc) is 3.35. The summed E-state index contributed by atoms with van der Waals surface area (Å²) in [4.78, 5) is 33.7. The van der Waals surface area contributed by atoms with E-state index in [1.165, 1.54) is 6.33 Å². The standard InChI is InChI=1S/C18H21N5O3/c1-11(2)13-9-26-18-4-6-21(14(18)8-16(24)23(13)18)17(25)12-3-5-22-15(7-12)19-10-20-22/h3,5,7,10-11,13-14H,4,6,8-9H2,1-2H3/t13-,14+,18-/m0/s1. The fraction of sp³-hybridized carbons (Fsp3) is 0.556. The van der Waals surface area contributed by atoms with Crippen LogP contribution in [0.2, 0.25) is 0 Å². The molecule has 0 N–H and O–H groups in total. The van der Waals surface area contributed by atoms with Crippen molar-refractivity contribution in [2.24, 2.45) is 5.92 Å². The Hall–Kier alpha value is -2.48. The summed E-state index contributed by atoms with van der Waals surface area (Å²) in [6.45, 7) is 5.36. The van der Waals surface area contributed by atoms with Gasteiger partial charge in [0.05, 0.1) is 25.1 Å². The monoisotopic (exact) mass is 355 g/mol. The Morgan fingerprint density at radius 3 is 3.08 bits per heavy atom. The lowest BCUT2D eigenvalue weighted by Crippen LogP contribution is -2.51. The maximum Gasteiger partial charge on any atom is 0.254 e. The van der Waals surface area contributed by atoms with Crippen LogP contribution in [0.1, 0.15) is 37.0 Å². The van der Waals surface area contributed by atoms with Crippen LogP contribution < -0.4 is 0 Å². The molecular formula is C18H21N5O3. The molecule has 0 saturated carbocycles. The van der Waals surface area contributed by atoms with Crippen molar-refractivity contribution < 1.29 is 14.3 Å². The van der Waals surface area contributed by atoms with Crippen LogP contribution in [-0.2, 0) is 9.53 Å². The lowest BCUT2D eigenvalue weighted by molar-refractivity contribution is -0.139. The number of fused-ring (bicyclic) bond motifs is 1. The van der Waals surface area contributed by atoms with Gasteiger partial charge < -0.3 is 14.5 Å². The number of amides is 2. The zero-order valence-electron chi connectivity index (χ0n) is 14.8. The third-order valence-electron chi connectivity index (χ3n) is 6.05. The molecule has 1 spiro atoms. The summed E-state index contributed by atoms with van der Waals surface area (Å²) < 4.78 is 7.81. The Morgan fingerprint density at radius 2 is 2.27 bits per heavy atom. The first-order valence-electron chi connectivity index (χ1n) is 9.08. The Kier molecular flexibility index (Phi) is 3.19. The second-order valence-electron chi connectivity index (χ2n) is 7.68. The maximum atomic E-state index is 13.1. The number of rotatable bonds is 2. The lowest BCUT2D eigenvalue weighted by atomic mass is 10.0. The molecule has 136 valence electrons. The smallest absolute Gasteiger partial charge is 0.254 e. The number of pyridine rings is 1. The summed E-state index contributed by atoms with van der Waals surface area (Å²) >= 11 is 0. The summed E-state index contributed by atoms with van der Waals surface area (Å²) in [6, 6.07) is 3.35. The maximum absolute atomic E-state index is 13.1. The van der Waals surface area contributed by atoms with Crippen LogP contribution in [0.15, 0.2) is 24.7 Å². The van der Waals surface area contributed by atoms with Crippen LogP contribution in [0, 0.1) is 5.92 Å². The molecule has 3 saturated heterocycles. The second kappa shape index (κ2) is 5.26. The van der Waals surface area contributed by atoms with Gasteiger partial charge in [-0.05, 0) is 18.1 Å². The number of hydrogen-bond donors (Lipinski definition) is 0. The Balaban J connectivity index is 1.47. The largest absolute Gasteiger partial charge is 0.351 e. The Labute approximate surface area is 150 Å². The van der Waals surface area contributed by atoms with E-state index in [1.54, 1.807) is 22.8 Å². The molecule has 2 aromatic rings. The van der Waals surface area contributed by atoms with Crippen molar-refractivity contribution >= 4 is 17.5 Å². The molecule has 3 atom stereocenters. The van der Waals surface area contributed by atoms with Crippen LogP contribution in [-0.4, -0.2) is 67.2 Å². The van der Waals surface area contributed by atoms with E-state index in [9.17, 15) is 9.59 Å². The molecule has 0 aromatic carbocycles. The third kappa shape index (κ3) is 1.93. The molecule has 5 rings (SSSR count). The minimum Gasteiger partial charge on any atom is -0.351 e. The zero-order chi connectivity index (χ0) is 18.1. The van der Waals surface area contributed by atoms with Gasteiger partial charge in [0.1, 0.15) is 6.33 Å². The summed E-state index contributed by atoms with van der Waals surface area (Å²) in [7, 11) is 0. The van der Waals surface area contributed by atoms with Gasteiger partial charge >= 0.3 is 0 Å². The van der Waals surface area contributed by atoms with Crippen molar-refractivity contribution in [2.75, 3.05) is 13.2 Å². The van der Waals surface area contributed by atoms with Gasteiger partial charge in [0.15, 0.2) is 11.4 Å². The predicted molar refractivity (Wildman–Crippen MR) is 91.2 cm³/mol. The van der Waals surface area contributed by atoms with E-state index >= 15 is 0 Å². The first-order valence-corrected chi connectivity index (χ1v) is 9.08. The van der Waals surface area contributed by atoms with Crippen molar-refractivity contribution in [3.05, 3.63) is 30.2 Å². The third-order valence-corrected chi connectivity index (χ3v) is 6.05. The van der Waals surface area contributed by atoms with E-state index < -0.39 is 5.72 Å². The molecule has 0 bridgehead atoms. The molecule has 2 aromatic heterocycles. The summed E-state index contributed by atoms with van der Waals surface area (Å²) in [6.07, 6.45) is 4.20. The van der Waals surface area contributed by atoms with Crippen molar-refractivity contribution in [1.29, 1.82) is 0 Å². The molecule has 3 aliphatic heterocycles. The molecule has 0 aliphatic carbocycles. The number of carbonyl (C=O) groups is 2. The summed E-state index contributed by atoms with van der Waals surface area (Å²) in [5.41, 5.74) is 0.554. The number of likely N-dealkylation sites (tertiary alicyclic amines) is 1. The highest BCUT2D eigenvalue weighted by molar-refractivity contribution is 5.96. The molecule has 26 heavy (non-hydrogen) atoms. The van der Waals surface area contributed by atoms with Gasteiger partial charge in [0, 0.05) is 24.7 Å². The topological polar surface area (TPSA) is 80.0 Å². The SMILES string of the molecule is CC(C)[C@@H]1CO[C@@]23CCN(C(=O)c4ccn5ncnc5c4)[C@@H]2CC(=O)N13. The molecule has 8 heteroatoms. The quantitative estimate of drug-likeness (QED) is 0.801. The highest BCUT2D eigenvalue weighted by atomic mass is 16.5. The van der Waals surface area contributed by atoms with E-state index in [0.717, 1.165) is 0 Å². The van der Waals surface area contributed by atoms with Crippen LogP contribution in [0.3, 0.4) is 0 Å². The van der Waals surface area contributed by atoms with E-state index in [4.69, 9.17) is 4.74 Å². The molecule has 3 aliphatic rings. The van der Waals surface area contributed by atoms with Crippen LogP contribution in [0.25, 0.3) is 5.65 Å². The van der Waals surface area contributed by atoms with Crippen LogP contribution >= 0.6 is 0 Å². The minimum atomic E-state index is -0.638. The fourth-order valence-corrected chi connectivity index (χ4v) is 4.73. The Morgan fingerprint density at radius 1 is 1.42 bits per heavy atom. The van der Waals surface area contributed by atoms with Gasteiger partial charge in [-0.2, -0.15) is 5.10 Å². The van der Waals surface area contributed by atoms with Crippen molar-refractivity contribution in [3.63, 3.8) is 0 Å². The van der Waals surface area contributed by atoms with Gasteiger partial charge in [0.2, 0.25) is 5.91 Å². The van der Waals surface area contributed by atoms with Crippen molar-refractivity contribution in [2.45, 2.75) is 44.5 Å². The number of ether oxygens (including phenoxy) is 1. The van der Waals surface area contributed by atoms with Gasteiger partial charge in [-0.15, -0.1) is 0 Å². The van der Waals surface area contributed by atoms with Gasteiger partial charge in [0.25, 0.3) is 5.91 Å². The van der Waals surface area contributed by atoms with E-state index in [1.807, 2.05) is 9.80 Å². The molecule has 2 amide bonds. The number of carbonyl (C=O) groups excluding carboxylic acids is 2. The molecule has 8 nitrogen and oxygen atoms in total. The zero-order valence-corrected chi connectivity index (χ0v) is 14.8. The first kappa shape index (κ1) is 15.7. The molecular weight excluding hydrogens is 334 g/mol. The normalized spacial score (nSPS) is 30.5. The fourth-order valence-electron chi connectivity index (χ4n) is 4.73. The minimum absolute atomic E-state index is 0.0800. The summed E-state index contributed by atoms with van der Waals surface area (Å²) in [5, 5.41) is 4.06. The van der Waals surface area contributed by atoms with Gasteiger partial charge in [-0.25, -0.2) is 9.50 Å². The Bertz CT molecular complexity index is 909. The number of nitrogens with zero attached hydrogens (tertiary/aromatic N) is 5. The predicted octanol–water partition coefficient (Wildman–Crippen LogP) is 0.927. The molecule has 0 unspecified atom stereocenters. The molecule has 0 radical (unpaired) electrons. The van der Waals surface area contributed by atoms with E-state index in [-0.39, 0.29) is 23.9 Å². The molecule has 5 heterocycles. The second-order valence-corrected chi connectivity index (χ2v) is 7.68. The highest BCUT2D eigenvalue weighted by Gasteiger charge is 2.65. The number of hydrogen-bond acceptors (Lipinski definition) is 5. The van der Waals surface area contributed by atoms with E-state index in [2.05, 4.69) is 23.9 Å². The van der Waals surface area contributed by atoms with E-state index in [0.29, 0.717) is 43.1 Å². The average molecular weight is 355 g/mol. The molecule has 3 fully saturated rings. The van der Waals surface area contributed by atoms with Gasteiger partial charge in [-0.1, -0.05) is 13.8 Å². The number of aromatic nitrogens is 3. The summed E-state index contributed by atoms with van der Waals surface area (Å²) in [5.74, 6) is 0.345. The first-order chi connectivity index (χ1) is 12.5. The van der Waals surface area contributed by atoms with Crippen molar-refractivity contribution in [3.8, 4) is 0 Å².